The summed E-state index contributed by atoms with van der Waals surface area (Å²) in [5.74, 6) is -1.22. The van der Waals surface area contributed by atoms with E-state index in [-0.39, 0.29) is 6.10 Å². The van der Waals surface area contributed by atoms with Gasteiger partial charge in [-0.1, -0.05) is 12.1 Å². The van der Waals surface area contributed by atoms with Gasteiger partial charge in [-0.2, -0.15) is 5.26 Å². The molecule has 1 fully saturated rings. The Morgan fingerprint density at radius 1 is 1.20 bits per heavy atom. The molecule has 1 aromatic rings. The standard InChI is InChI=1S/C16H17F2NO/c17-15-8-5-13(10-16(15)18)11-20-14-6-3-12(4-7-14)2-1-9-19/h1-2,5,8,10,12,14H,3-4,6-7,11H2. The zero-order valence-corrected chi connectivity index (χ0v) is 11.2. The molecule has 106 valence electrons. The van der Waals surface area contributed by atoms with Crippen LogP contribution in [0.4, 0.5) is 8.78 Å². The van der Waals surface area contributed by atoms with Crippen molar-refractivity contribution in [3.05, 3.63) is 47.5 Å². The maximum absolute atomic E-state index is 13.0. The zero-order valence-electron chi connectivity index (χ0n) is 11.2. The van der Waals surface area contributed by atoms with Crippen LogP contribution in [0.15, 0.2) is 30.4 Å². The molecule has 4 heteroatoms. The third-order valence-electron chi connectivity index (χ3n) is 3.63. The van der Waals surface area contributed by atoms with Gasteiger partial charge in [-0.25, -0.2) is 8.78 Å². The predicted octanol–water partition coefficient (Wildman–Crippen LogP) is 4.12. The Balaban J connectivity index is 1.77. The van der Waals surface area contributed by atoms with Crippen LogP contribution < -0.4 is 0 Å². The number of ether oxygens (including phenoxy) is 1. The Kier molecular flexibility index (Phi) is 5.25. The fraction of sp³-hybridized carbons (Fsp3) is 0.438. The fourth-order valence-electron chi connectivity index (χ4n) is 2.47. The summed E-state index contributed by atoms with van der Waals surface area (Å²) in [5.41, 5.74) is 0.649. The quantitative estimate of drug-likeness (QED) is 0.775. The second kappa shape index (κ2) is 7.16. The SMILES string of the molecule is N#CC=CC1CCC(OCc2ccc(F)c(F)c2)CC1. The van der Waals surface area contributed by atoms with Crippen molar-refractivity contribution < 1.29 is 13.5 Å². The fourth-order valence-corrected chi connectivity index (χ4v) is 2.47. The normalized spacial score (nSPS) is 22.9. The minimum Gasteiger partial charge on any atom is -0.374 e. The predicted molar refractivity (Wildman–Crippen MR) is 71.6 cm³/mol. The van der Waals surface area contributed by atoms with Gasteiger partial charge >= 0.3 is 0 Å². The van der Waals surface area contributed by atoms with Gasteiger partial charge in [0, 0.05) is 6.08 Å². The summed E-state index contributed by atoms with van der Waals surface area (Å²) in [6, 6.07) is 5.85. The molecule has 20 heavy (non-hydrogen) atoms. The van der Waals surface area contributed by atoms with E-state index >= 15 is 0 Å². The number of rotatable bonds is 4. The van der Waals surface area contributed by atoms with Crippen LogP contribution in [0.3, 0.4) is 0 Å². The monoisotopic (exact) mass is 277 g/mol. The number of nitriles is 1. The van der Waals surface area contributed by atoms with Gasteiger partial charge in [0.25, 0.3) is 0 Å². The molecule has 0 aromatic heterocycles. The molecule has 0 spiro atoms. The first-order valence-corrected chi connectivity index (χ1v) is 6.81. The van der Waals surface area contributed by atoms with Crippen LogP contribution in [0.1, 0.15) is 31.2 Å². The number of hydrogen-bond donors (Lipinski definition) is 0. The third-order valence-corrected chi connectivity index (χ3v) is 3.63. The molecule has 0 heterocycles. The van der Waals surface area contributed by atoms with Crippen LogP contribution in [0.25, 0.3) is 0 Å². The Morgan fingerprint density at radius 2 is 1.95 bits per heavy atom. The van der Waals surface area contributed by atoms with Crippen molar-refractivity contribution in [2.45, 2.75) is 38.4 Å². The lowest BCUT2D eigenvalue weighted by molar-refractivity contribution is 0.0109. The average molecular weight is 277 g/mol. The van der Waals surface area contributed by atoms with Crippen LogP contribution in [-0.4, -0.2) is 6.10 Å². The average Bonchev–Trinajstić information content (AvgIpc) is 2.47. The van der Waals surface area contributed by atoms with E-state index in [1.165, 1.54) is 12.1 Å². The molecular weight excluding hydrogens is 260 g/mol. The first kappa shape index (κ1) is 14.7. The smallest absolute Gasteiger partial charge is 0.159 e. The number of hydrogen-bond acceptors (Lipinski definition) is 2. The highest BCUT2D eigenvalue weighted by molar-refractivity contribution is 5.16. The maximum atomic E-state index is 13.0. The number of nitrogens with zero attached hydrogens (tertiary/aromatic N) is 1. The first-order chi connectivity index (χ1) is 9.69. The van der Waals surface area contributed by atoms with Gasteiger partial charge in [0.05, 0.1) is 18.8 Å². The van der Waals surface area contributed by atoms with E-state index in [0.717, 1.165) is 31.7 Å². The largest absolute Gasteiger partial charge is 0.374 e. The number of allylic oxidation sites excluding steroid dienone is 2. The minimum absolute atomic E-state index is 0.162. The van der Waals surface area contributed by atoms with Gasteiger partial charge in [0.15, 0.2) is 11.6 Å². The number of halogens is 2. The van der Waals surface area contributed by atoms with E-state index in [2.05, 4.69) is 0 Å². The molecule has 2 nitrogen and oxygen atoms in total. The molecule has 0 N–H and O–H groups in total. The van der Waals surface area contributed by atoms with E-state index in [0.29, 0.717) is 18.1 Å². The van der Waals surface area contributed by atoms with Gasteiger partial charge in [-0.3, -0.25) is 0 Å². The molecule has 0 saturated heterocycles. The third kappa shape index (κ3) is 4.14. The van der Waals surface area contributed by atoms with Crippen LogP contribution >= 0.6 is 0 Å². The Labute approximate surface area is 117 Å². The summed E-state index contributed by atoms with van der Waals surface area (Å²) < 4.78 is 31.6. The van der Waals surface area contributed by atoms with E-state index < -0.39 is 11.6 Å². The zero-order chi connectivity index (χ0) is 14.4. The Morgan fingerprint density at radius 3 is 2.60 bits per heavy atom. The maximum Gasteiger partial charge on any atom is 0.159 e. The van der Waals surface area contributed by atoms with Gasteiger partial charge in [0.1, 0.15) is 0 Å². The molecule has 0 atom stereocenters. The van der Waals surface area contributed by atoms with Crippen molar-refractivity contribution in [2.75, 3.05) is 0 Å². The van der Waals surface area contributed by atoms with E-state index in [1.54, 1.807) is 6.07 Å². The van der Waals surface area contributed by atoms with Crippen LogP contribution in [0, 0.1) is 28.9 Å². The van der Waals surface area contributed by atoms with Crippen molar-refractivity contribution >= 4 is 0 Å². The molecule has 0 amide bonds. The lowest BCUT2D eigenvalue weighted by Gasteiger charge is -2.26. The molecule has 1 aromatic carbocycles. The molecule has 1 saturated carbocycles. The van der Waals surface area contributed by atoms with Crippen LogP contribution in [0.5, 0.6) is 0 Å². The van der Waals surface area contributed by atoms with E-state index in [4.69, 9.17) is 10.00 Å². The molecule has 0 unspecified atom stereocenters. The highest BCUT2D eigenvalue weighted by atomic mass is 19.2. The lowest BCUT2D eigenvalue weighted by Crippen LogP contribution is -2.20. The second-order valence-electron chi connectivity index (χ2n) is 5.08. The van der Waals surface area contributed by atoms with Crippen LogP contribution in [0.2, 0.25) is 0 Å². The highest BCUT2D eigenvalue weighted by Crippen LogP contribution is 2.27. The molecule has 2 rings (SSSR count). The van der Waals surface area contributed by atoms with Gasteiger partial charge < -0.3 is 4.74 Å². The summed E-state index contributed by atoms with van der Waals surface area (Å²) in [6.07, 6.45) is 7.52. The summed E-state index contributed by atoms with van der Waals surface area (Å²) in [7, 11) is 0. The van der Waals surface area contributed by atoms with Crippen molar-refractivity contribution in [3.8, 4) is 6.07 Å². The molecule has 1 aliphatic rings. The summed E-state index contributed by atoms with van der Waals surface area (Å²) in [5, 5.41) is 8.48. The van der Waals surface area contributed by atoms with Crippen molar-refractivity contribution in [1.29, 1.82) is 5.26 Å². The summed E-state index contributed by atoms with van der Waals surface area (Å²) >= 11 is 0. The van der Waals surface area contributed by atoms with Crippen molar-refractivity contribution in [3.63, 3.8) is 0 Å². The Bertz CT molecular complexity index is 514. The summed E-state index contributed by atoms with van der Waals surface area (Å²) in [6.45, 7) is 0.306. The van der Waals surface area contributed by atoms with Crippen molar-refractivity contribution in [1.82, 2.24) is 0 Å². The first-order valence-electron chi connectivity index (χ1n) is 6.81. The molecule has 0 bridgehead atoms. The highest BCUT2D eigenvalue weighted by Gasteiger charge is 2.20. The molecule has 0 radical (unpaired) electrons. The topological polar surface area (TPSA) is 33.0 Å². The summed E-state index contributed by atoms with van der Waals surface area (Å²) in [4.78, 5) is 0. The molecule has 0 aliphatic heterocycles. The van der Waals surface area contributed by atoms with Gasteiger partial charge in [0.2, 0.25) is 0 Å². The van der Waals surface area contributed by atoms with Crippen LogP contribution in [-0.2, 0) is 11.3 Å². The van der Waals surface area contributed by atoms with Crippen molar-refractivity contribution in [2.24, 2.45) is 5.92 Å². The van der Waals surface area contributed by atoms with E-state index in [1.807, 2.05) is 12.1 Å². The molecular formula is C16H17F2NO. The number of benzene rings is 1. The molecule has 1 aliphatic carbocycles. The minimum atomic E-state index is -0.837. The Hall–Kier alpha value is -1.73. The van der Waals surface area contributed by atoms with E-state index in [9.17, 15) is 8.78 Å². The second-order valence-corrected chi connectivity index (χ2v) is 5.08. The van der Waals surface area contributed by atoms with Gasteiger partial charge in [-0.15, -0.1) is 0 Å². The lowest BCUT2D eigenvalue weighted by atomic mass is 9.87. The van der Waals surface area contributed by atoms with Gasteiger partial charge in [-0.05, 0) is 49.3 Å².